The summed E-state index contributed by atoms with van der Waals surface area (Å²) in [6.45, 7) is 2.68. The first kappa shape index (κ1) is 17.5. The van der Waals surface area contributed by atoms with Gasteiger partial charge in [-0.15, -0.1) is 0 Å². The molecule has 2 rings (SSSR count). The standard InChI is InChI=1S/C14H18BrCl2NO2S/c1-9-2-4-10(5-3-9)8-18-21(19,20)14-12(16)6-11(15)7-13(14)17/h6-7,9-10,18H,2-5,8H2,1H3. The quantitative estimate of drug-likeness (QED) is 0.764. The van der Waals surface area contributed by atoms with Gasteiger partial charge in [-0.3, -0.25) is 0 Å². The monoisotopic (exact) mass is 413 g/mol. The van der Waals surface area contributed by atoms with E-state index in [4.69, 9.17) is 23.2 Å². The molecule has 0 unspecified atom stereocenters. The van der Waals surface area contributed by atoms with Crippen molar-refractivity contribution in [3.63, 3.8) is 0 Å². The van der Waals surface area contributed by atoms with Crippen LogP contribution < -0.4 is 4.72 Å². The van der Waals surface area contributed by atoms with Crippen LogP contribution in [0.4, 0.5) is 0 Å². The second-order valence-electron chi connectivity index (χ2n) is 5.68. The molecule has 0 atom stereocenters. The normalized spacial score (nSPS) is 23.2. The van der Waals surface area contributed by atoms with Gasteiger partial charge in [-0.1, -0.05) is 58.9 Å². The third-order valence-electron chi connectivity index (χ3n) is 3.93. The molecule has 0 spiro atoms. The fourth-order valence-electron chi connectivity index (χ4n) is 2.62. The average molecular weight is 415 g/mol. The van der Waals surface area contributed by atoms with E-state index in [-0.39, 0.29) is 14.9 Å². The molecule has 1 aromatic rings. The lowest BCUT2D eigenvalue weighted by molar-refractivity contribution is 0.290. The summed E-state index contributed by atoms with van der Waals surface area (Å²) in [6.07, 6.45) is 4.44. The van der Waals surface area contributed by atoms with Crippen molar-refractivity contribution in [3.8, 4) is 0 Å². The van der Waals surface area contributed by atoms with Gasteiger partial charge in [-0.2, -0.15) is 0 Å². The van der Waals surface area contributed by atoms with Crippen molar-refractivity contribution in [2.75, 3.05) is 6.54 Å². The van der Waals surface area contributed by atoms with Gasteiger partial charge in [0.1, 0.15) is 4.90 Å². The maximum absolute atomic E-state index is 12.4. The number of hydrogen-bond acceptors (Lipinski definition) is 2. The van der Waals surface area contributed by atoms with Crippen LogP contribution in [0.2, 0.25) is 10.0 Å². The Hall–Kier alpha value is 0.190. The molecule has 0 aliphatic heterocycles. The van der Waals surface area contributed by atoms with Crippen molar-refractivity contribution in [1.29, 1.82) is 0 Å². The summed E-state index contributed by atoms with van der Waals surface area (Å²) in [5, 5.41) is 0.248. The number of benzene rings is 1. The van der Waals surface area contributed by atoms with Crippen molar-refractivity contribution in [3.05, 3.63) is 26.7 Å². The number of hydrogen-bond donors (Lipinski definition) is 1. The van der Waals surface area contributed by atoms with E-state index >= 15 is 0 Å². The number of halogens is 3. The minimum Gasteiger partial charge on any atom is -0.211 e. The van der Waals surface area contributed by atoms with E-state index in [1.54, 1.807) is 0 Å². The highest BCUT2D eigenvalue weighted by molar-refractivity contribution is 9.10. The molecule has 0 heterocycles. The van der Waals surface area contributed by atoms with E-state index < -0.39 is 10.0 Å². The molecule has 1 aliphatic rings. The third-order valence-corrected chi connectivity index (χ3v) is 6.73. The van der Waals surface area contributed by atoms with E-state index in [1.807, 2.05) is 0 Å². The van der Waals surface area contributed by atoms with Gasteiger partial charge >= 0.3 is 0 Å². The van der Waals surface area contributed by atoms with Crippen molar-refractivity contribution in [1.82, 2.24) is 4.72 Å². The first-order valence-electron chi connectivity index (χ1n) is 6.94. The number of sulfonamides is 1. The predicted octanol–water partition coefficient (Wildman–Crippen LogP) is 4.86. The zero-order valence-corrected chi connectivity index (χ0v) is 15.6. The second-order valence-corrected chi connectivity index (χ2v) is 9.11. The molecule has 0 saturated heterocycles. The van der Waals surface area contributed by atoms with E-state index in [1.165, 1.54) is 12.1 Å². The highest BCUT2D eigenvalue weighted by Crippen LogP contribution is 2.33. The van der Waals surface area contributed by atoms with Crippen LogP contribution in [0.25, 0.3) is 0 Å². The third kappa shape index (κ3) is 4.58. The Kier molecular flexibility index (Phi) is 5.99. The van der Waals surface area contributed by atoms with E-state index in [0.29, 0.717) is 16.9 Å². The molecule has 1 saturated carbocycles. The lowest BCUT2D eigenvalue weighted by Crippen LogP contribution is -2.31. The van der Waals surface area contributed by atoms with Crippen LogP contribution in [0.3, 0.4) is 0 Å². The Morgan fingerprint density at radius 2 is 1.71 bits per heavy atom. The van der Waals surface area contributed by atoms with Crippen LogP contribution in [-0.4, -0.2) is 15.0 Å². The molecule has 1 aliphatic carbocycles. The highest BCUT2D eigenvalue weighted by Gasteiger charge is 2.25. The van der Waals surface area contributed by atoms with Crippen LogP contribution in [-0.2, 0) is 10.0 Å². The Morgan fingerprint density at radius 3 is 2.24 bits per heavy atom. The van der Waals surface area contributed by atoms with Crippen LogP contribution >= 0.6 is 39.1 Å². The molecule has 21 heavy (non-hydrogen) atoms. The zero-order valence-electron chi connectivity index (χ0n) is 11.7. The van der Waals surface area contributed by atoms with Crippen molar-refractivity contribution in [2.24, 2.45) is 11.8 Å². The molecule has 0 aromatic heterocycles. The van der Waals surface area contributed by atoms with Gasteiger partial charge in [0.2, 0.25) is 10.0 Å². The molecule has 0 radical (unpaired) electrons. The largest absolute Gasteiger partial charge is 0.243 e. The molecule has 1 N–H and O–H groups in total. The summed E-state index contributed by atoms with van der Waals surface area (Å²) in [7, 11) is -3.69. The van der Waals surface area contributed by atoms with Gasteiger partial charge in [0.05, 0.1) is 10.0 Å². The summed E-state index contributed by atoms with van der Waals surface area (Å²) in [4.78, 5) is -0.0433. The molecule has 0 bridgehead atoms. The fourth-order valence-corrected chi connectivity index (χ4v) is 5.67. The van der Waals surface area contributed by atoms with Crippen molar-refractivity contribution >= 4 is 49.2 Å². The van der Waals surface area contributed by atoms with E-state index in [2.05, 4.69) is 27.6 Å². The van der Waals surface area contributed by atoms with Gasteiger partial charge in [0.15, 0.2) is 0 Å². The Labute approximate surface area is 144 Å². The summed E-state index contributed by atoms with van der Waals surface area (Å²) < 4.78 is 28.1. The maximum Gasteiger partial charge on any atom is 0.243 e. The number of nitrogens with one attached hydrogen (secondary N) is 1. The number of rotatable bonds is 4. The summed E-state index contributed by atoms with van der Waals surface area (Å²) in [5.74, 6) is 1.14. The lowest BCUT2D eigenvalue weighted by Gasteiger charge is -2.26. The van der Waals surface area contributed by atoms with Crippen LogP contribution in [0, 0.1) is 11.8 Å². The van der Waals surface area contributed by atoms with Crippen LogP contribution in [0.1, 0.15) is 32.6 Å². The summed E-state index contributed by atoms with van der Waals surface area (Å²) in [5.41, 5.74) is 0. The van der Waals surface area contributed by atoms with Crippen LogP contribution in [0.5, 0.6) is 0 Å². The minimum absolute atomic E-state index is 0.0433. The summed E-state index contributed by atoms with van der Waals surface area (Å²) >= 11 is 15.3. The minimum atomic E-state index is -3.69. The fraction of sp³-hybridized carbons (Fsp3) is 0.571. The van der Waals surface area contributed by atoms with Gasteiger partial charge < -0.3 is 0 Å². The van der Waals surface area contributed by atoms with E-state index in [0.717, 1.165) is 31.6 Å². The Balaban J connectivity index is 2.09. The highest BCUT2D eigenvalue weighted by atomic mass is 79.9. The van der Waals surface area contributed by atoms with Gasteiger partial charge in [-0.05, 0) is 36.8 Å². The first-order valence-corrected chi connectivity index (χ1v) is 9.97. The molecule has 0 amide bonds. The van der Waals surface area contributed by atoms with Gasteiger partial charge in [0.25, 0.3) is 0 Å². The van der Waals surface area contributed by atoms with Crippen LogP contribution in [0.15, 0.2) is 21.5 Å². The SMILES string of the molecule is CC1CCC(CNS(=O)(=O)c2c(Cl)cc(Br)cc2Cl)CC1. The molecule has 118 valence electrons. The Bertz CT molecular complexity index is 590. The van der Waals surface area contributed by atoms with E-state index in [9.17, 15) is 8.42 Å². The topological polar surface area (TPSA) is 46.2 Å². The van der Waals surface area contributed by atoms with Gasteiger partial charge in [0, 0.05) is 11.0 Å². The molecular formula is C14H18BrCl2NO2S. The zero-order chi connectivity index (χ0) is 15.6. The van der Waals surface area contributed by atoms with Crippen molar-refractivity contribution in [2.45, 2.75) is 37.5 Å². The average Bonchev–Trinajstić information content (AvgIpc) is 2.36. The first-order chi connectivity index (χ1) is 9.79. The molecule has 1 aromatic carbocycles. The smallest absolute Gasteiger partial charge is 0.211 e. The maximum atomic E-state index is 12.4. The molecular weight excluding hydrogens is 397 g/mol. The molecule has 3 nitrogen and oxygen atoms in total. The lowest BCUT2D eigenvalue weighted by atomic mass is 9.83. The predicted molar refractivity (Wildman–Crippen MR) is 90.5 cm³/mol. The summed E-state index contributed by atoms with van der Waals surface area (Å²) in [6, 6.07) is 3.06. The Morgan fingerprint density at radius 1 is 1.19 bits per heavy atom. The van der Waals surface area contributed by atoms with Crippen molar-refractivity contribution < 1.29 is 8.42 Å². The molecule has 1 fully saturated rings. The van der Waals surface area contributed by atoms with Gasteiger partial charge in [-0.25, -0.2) is 13.1 Å². The second kappa shape index (κ2) is 7.18. The molecule has 7 heteroatoms.